The van der Waals surface area contributed by atoms with E-state index in [1.165, 1.54) is 0 Å². The summed E-state index contributed by atoms with van der Waals surface area (Å²) in [6.07, 6.45) is 0. The number of nitrogens with two attached hydrogens (primary N) is 1. The Morgan fingerprint density at radius 2 is 2.44 bits per heavy atom. The van der Waals surface area contributed by atoms with Crippen LogP contribution in [0.2, 0.25) is 0 Å². The standard InChI is InChI=1S/C4H9FN2O2/c5-1-3(2-8)7-4(6)9/h3,8H,1-2H2,(H3,6,7,9). The molecule has 54 valence electrons. The molecule has 0 saturated heterocycles. The summed E-state index contributed by atoms with van der Waals surface area (Å²) in [5.74, 6) is 0. The highest BCUT2D eigenvalue weighted by Gasteiger charge is 2.06. The smallest absolute Gasteiger partial charge is 0.312 e. The van der Waals surface area contributed by atoms with Crippen molar-refractivity contribution in [2.24, 2.45) is 5.73 Å². The van der Waals surface area contributed by atoms with Crippen LogP contribution in [0.1, 0.15) is 0 Å². The van der Waals surface area contributed by atoms with Crippen LogP contribution in [0.25, 0.3) is 0 Å². The summed E-state index contributed by atoms with van der Waals surface area (Å²) in [5, 5.41) is 10.3. The maximum atomic E-state index is 11.6. The molecule has 0 radical (unpaired) electrons. The Morgan fingerprint density at radius 3 is 2.56 bits per heavy atom. The number of aliphatic hydroxyl groups excluding tert-OH is 1. The van der Waals surface area contributed by atoms with Crippen LogP contribution in [-0.2, 0) is 0 Å². The quantitative estimate of drug-likeness (QED) is 0.464. The zero-order chi connectivity index (χ0) is 7.28. The molecular formula is C4H9FN2O2. The van der Waals surface area contributed by atoms with Crippen molar-refractivity contribution in [3.63, 3.8) is 0 Å². The first-order chi connectivity index (χ1) is 4.20. The molecule has 0 aromatic heterocycles. The van der Waals surface area contributed by atoms with E-state index in [9.17, 15) is 9.18 Å². The van der Waals surface area contributed by atoms with E-state index in [0.29, 0.717) is 0 Å². The highest BCUT2D eigenvalue weighted by molar-refractivity contribution is 5.71. The van der Waals surface area contributed by atoms with Gasteiger partial charge >= 0.3 is 6.03 Å². The van der Waals surface area contributed by atoms with Crippen LogP contribution in [0.5, 0.6) is 0 Å². The third-order valence-electron chi connectivity index (χ3n) is 0.753. The van der Waals surface area contributed by atoms with Gasteiger partial charge in [-0.05, 0) is 0 Å². The highest BCUT2D eigenvalue weighted by Crippen LogP contribution is 1.80. The van der Waals surface area contributed by atoms with Gasteiger partial charge in [0.15, 0.2) is 0 Å². The first-order valence-corrected chi connectivity index (χ1v) is 2.43. The van der Waals surface area contributed by atoms with Crippen molar-refractivity contribution in [3.05, 3.63) is 0 Å². The summed E-state index contributed by atoms with van der Waals surface area (Å²) in [6, 6.07) is -1.69. The fourth-order valence-electron chi connectivity index (χ4n) is 0.334. The Kier molecular flexibility index (Phi) is 3.70. The molecule has 0 fully saturated rings. The van der Waals surface area contributed by atoms with Crippen molar-refractivity contribution < 1.29 is 14.3 Å². The Morgan fingerprint density at radius 1 is 1.89 bits per heavy atom. The average Bonchev–Trinajstić information content (AvgIpc) is 1.82. The highest BCUT2D eigenvalue weighted by atomic mass is 19.1. The number of urea groups is 1. The van der Waals surface area contributed by atoms with Gasteiger partial charge in [0.1, 0.15) is 6.67 Å². The summed E-state index contributed by atoms with van der Waals surface area (Å²) >= 11 is 0. The van der Waals surface area contributed by atoms with Gasteiger partial charge < -0.3 is 16.2 Å². The number of hydrogen-bond donors (Lipinski definition) is 3. The van der Waals surface area contributed by atoms with E-state index in [0.717, 1.165) is 0 Å². The Balaban J connectivity index is 3.43. The second-order valence-electron chi connectivity index (χ2n) is 1.54. The van der Waals surface area contributed by atoms with Crippen molar-refractivity contribution in [3.8, 4) is 0 Å². The molecule has 0 aliphatic carbocycles. The molecule has 0 heterocycles. The average molecular weight is 136 g/mol. The van der Waals surface area contributed by atoms with Crippen LogP contribution in [0, 0.1) is 0 Å². The van der Waals surface area contributed by atoms with E-state index in [1.807, 2.05) is 5.32 Å². The molecule has 0 aromatic carbocycles. The van der Waals surface area contributed by atoms with Crippen molar-refractivity contribution in [1.82, 2.24) is 5.32 Å². The predicted molar refractivity (Wildman–Crippen MR) is 29.6 cm³/mol. The monoisotopic (exact) mass is 136 g/mol. The van der Waals surface area contributed by atoms with Crippen LogP contribution in [0.15, 0.2) is 0 Å². The third kappa shape index (κ3) is 3.72. The second-order valence-corrected chi connectivity index (χ2v) is 1.54. The molecular weight excluding hydrogens is 127 g/mol. The Labute approximate surface area is 51.8 Å². The minimum absolute atomic E-state index is 0.431. The maximum Gasteiger partial charge on any atom is 0.312 e. The van der Waals surface area contributed by atoms with Crippen LogP contribution in [-0.4, -0.2) is 30.5 Å². The number of nitrogens with one attached hydrogen (secondary N) is 1. The van der Waals surface area contributed by atoms with Gasteiger partial charge in [-0.1, -0.05) is 0 Å². The third-order valence-corrected chi connectivity index (χ3v) is 0.753. The van der Waals surface area contributed by atoms with E-state index >= 15 is 0 Å². The van der Waals surface area contributed by atoms with Crippen molar-refractivity contribution in [1.29, 1.82) is 0 Å². The molecule has 1 atom stereocenters. The van der Waals surface area contributed by atoms with Gasteiger partial charge in [0.25, 0.3) is 0 Å². The summed E-state index contributed by atoms with van der Waals surface area (Å²) in [5.41, 5.74) is 4.62. The lowest BCUT2D eigenvalue weighted by Gasteiger charge is -2.08. The number of halogens is 1. The van der Waals surface area contributed by atoms with Gasteiger partial charge in [-0.25, -0.2) is 9.18 Å². The van der Waals surface area contributed by atoms with Crippen LogP contribution in [0.3, 0.4) is 0 Å². The molecule has 4 nitrogen and oxygen atoms in total. The number of amides is 2. The molecule has 0 bridgehead atoms. The number of primary amides is 1. The number of carbonyl (C=O) groups is 1. The van der Waals surface area contributed by atoms with E-state index < -0.39 is 25.4 Å². The van der Waals surface area contributed by atoms with Gasteiger partial charge in [0.2, 0.25) is 0 Å². The summed E-state index contributed by atoms with van der Waals surface area (Å²) in [4.78, 5) is 9.96. The van der Waals surface area contributed by atoms with Crippen LogP contribution >= 0.6 is 0 Å². The van der Waals surface area contributed by atoms with Gasteiger partial charge in [0, 0.05) is 0 Å². The molecule has 0 rings (SSSR count). The Bertz CT molecular complexity index is 94.6. The molecule has 5 heteroatoms. The zero-order valence-corrected chi connectivity index (χ0v) is 4.80. The number of hydrogen-bond acceptors (Lipinski definition) is 2. The SMILES string of the molecule is NC(=O)NC(CO)CF. The number of carbonyl (C=O) groups excluding carboxylic acids is 1. The van der Waals surface area contributed by atoms with Crippen LogP contribution < -0.4 is 11.1 Å². The van der Waals surface area contributed by atoms with E-state index in [4.69, 9.17) is 5.11 Å². The molecule has 0 saturated carbocycles. The summed E-state index contributed by atoms with van der Waals surface area (Å²) in [7, 11) is 0. The van der Waals surface area contributed by atoms with E-state index in [1.54, 1.807) is 0 Å². The largest absolute Gasteiger partial charge is 0.394 e. The van der Waals surface area contributed by atoms with Crippen molar-refractivity contribution >= 4 is 6.03 Å². The minimum atomic E-state index is -0.859. The second kappa shape index (κ2) is 4.08. The molecule has 0 aliphatic heterocycles. The van der Waals surface area contributed by atoms with Gasteiger partial charge in [-0.2, -0.15) is 0 Å². The fourth-order valence-corrected chi connectivity index (χ4v) is 0.334. The molecule has 0 aliphatic rings. The van der Waals surface area contributed by atoms with Crippen LogP contribution in [0.4, 0.5) is 9.18 Å². The first kappa shape index (κ1) is 8.16. The molecule has 4 N–H and O–H groups in total. The summed E-state index contributed by atoms with van der Waals surface area (Å²) < 4.78 is 11.6. The van der Waals surface area contributed by atoms with E-state index in [-0.39, 0.29) is 0 Å². The molecule has 2 amide bonds. The predicted octanol–water partition coefficient (Wildman–Crippen LogP) is -1.01. The minimum Gasteiger partial charge on any atom is -0.394 e. The van der Waals surface area contributed by atoms with Gasteiger partial charge in [-0.15, -0.1) is 0 Å². The number of alkyl halides is 1. The molecule has 0 spiro atoms. The lowest BCUT2D eigenvalue weighted by Crippen LogP contribution is -2.42. The lowest BCUT2D eigenvalue weighted by atomic mass is 10.3. The lowest BCUT2D eigenvalue weighted by molar-refractivity contribution is 0.207. The van der Waals surface area contributed by atoms with E-state index in [2.05, 4.69) is 5.73 Å². The topological polar surface area (TPSA) is 75.4 Å². The first-order valence-electron chi connectivity index (χ1n) is 2.43. The van der Waals surface area contributed by atoms with Gasteiger partial charge in [0.05, 0.1) is 12.6 Å². The number of aliphatic hydroxyl groups is 1. The molecule has 1 unspecified atom stereocenters. The van der Waals surface area contributed by atoms with Crippen molar-refractivity contribution in [2.45, 2.75) is 6.04 Å². The van der Waals surface area contributed by atoms with Crippen molar-refractivity contribution in [2.75, 3.05) is 13.3 Å². The normalized spacial score (nSPS) is 12.7. The zero-order valence-electron chi connectivity index (χ0n) is 4.80. The Hall–Kier alpha value is -0.840. The van der Waals surface area contributed by atoms with Gasteiger partial charge in [-0.3, -0.25) is 0 Å². The number of rotatable bonds is 3. The molecule has 0 aromatic rings. The maximum absolute atomic E-state index is 11.6. The molecule has 9 heavy (non-hydrogen) atoms. The fraction of sp³-hybridized carbons (Fsp3) is 0.750. The summed E-state index contributed by atoms with van der Waals surface area (Å²) in [6.45, 7) is -1.24.